The van der Waals surface area contributed by atoms with Gasteiger partial charge in [-0.05, 0) is 33.1 Å². The van der Waals surface area contributed by atoms with E-state index >= 15 is 0 Å². The van der Waals surface area contributed by atoms with Crippen LogP contribution < -0.4 is 10.6 Å². The van der Waals surface area contributed by atoms with Gasteiger partial charge in [-0.15, -0.1) is 0 Å². The molecule has 1 fully saturated rings. The highest BCUT2D eigenvalue weighted by Gasteiger charge is 2.29. The van der Waals surface area contributed by atoms with Crippen molar-refractivity contribution in [3.8, 4) is 0 Å². The first-order valence-corrected chi connectivity index (χ1v) is 8.36. The minimum absolute atomic E-state index is 0.190. The number of nitrogens with zero attached hydrogens (tertiary/aromatic N) is 2. The Morgan fingerprint density at radius 2 is 1.76 bits per heavy atom. The Labute approximate surface area is 129 Å². The summed E-state index contributed by atoms with van der Waals surface area (Å²) in [4.78, 5) is 9.49. The van der Waals surface area contributed by atoms with Crippen molar-refractivity contribution in [3.05, 3.63) is 11.4 Å². The second kappa shape index (κ2) is 6.63. The number of hydrogen-bond donors (Lipinski definition) is 2. The molecule has 0 spiro atoms. The minimum atomic E-state index is 0.190. The third-order valence-corrected chi connectivity index (χ3v) is 4.35. The van der Waals surface area contributed by atoms with Gasteiger partial charge in [0, 0.05) is 23.6 Å². The molecule has 0 aromatic carbocycles. The maximum atomic E-state index is 4.79. The van der Waals surface area contributed by atoms with Crippen molar-refractivity contribution >= 4 is 11.6 Å². The molecule has 4 heteroatoms. The molecule has 0 atom stereocenters. The molecule has 1 aromatic heterocycles. The van der Waals surface area contributed by atoms with Gasteiger partial charge in [0.05, 0.1) is 0 Å². The van der Waals surface area contributed by atoms with Gasteiger partial charge in [-0.25, -0.2) is 9.97 Å². The highest BCUT2D eigenvalue weighted by atomic mass is 15.1. The summed E-state index contributed by atoms with van der Waals surface area (Å²) in [6, 6.07) is 0. The first-order chi connectivity index (χ1) is 9.95. The van der Waals surface area contributed by atoms with Crippen molar-refractivity contribution in [2.75, 3.05) is 17.2 Å². The molecule has 1 aromatic rings. The van der Waals surface area contributed by atoms with Gasteiger partial charge in [0.15, 0.2) is 0 Å². The lowest BCUT2D eigenvalue weighted by molar-refractivity contribution is 0.529. The van der Waals surface area contributed by atoms with Gasteiger partial charge >= 0.3 is 0 Å². The number of anilines is 2. The maximum Gasteiger partial charge on any atom is 0.135 e. The summed E-state index contributed by atoms with van der Waals surface area (Å²) < 4.78 is 0. The van der Waals surface area contributed by atoms with Crippen molar-refractivity contribution in [3.63, 3.8) is 0 Å². The van der Waals surface area contributed by atoms with Crippen LogP contribution in [0.5, 0.6) is 0 Å². The Morgan fingerprint density at radius 1 is 1.14 bits per heavy atom. The predicted octanol–water partition coefficient (Wildman–Crippen LogP) is 4.47. The molecule has 0 bridgehead atoms. The van der Waals surface area contributed by atoms with Crippen LogP contribution in [0.3, 0.4) is 0 Å². The van der Waals surface area contributed by atoms with Crippen LogP contribution in [-0.2, 0) is 0 Å². The highest BCUT2D eigenvalue weighted by Crippen LogP contribution is 2.34. The fourth-order valence-corrected chi connectivity index (χ4v) is 2.90. The van der Waals surface area contributed by atoms with Crippen molar-refractivity contribution in [2.45, 2.75) is 78.2 Å². The van der Waals surface area contributed by atoms with E-state index in [1.54, 1.807) is 0 Å². The largest absolute Gasteiger partial charge is 0.370 e. The van der Waals surface area contributed by atoms with Gasteiger partial charge in [0.2, 0.25) is 0 Å². The number of nitrogens with one attached hydrogen (secondary N) is 2. The summed E-state index contributed by atoms with van der Waals surface area (Å²) in [6.07, 6.45) is 6.18. The van der Waals surface area contributed by atoms with E-state index in [0.717, 1.165) is 36.0 Å². The van der Waals surface area contributed by atoms with Crippen LogP contribution >= 0.6 is 0 Å². The van der Waals surface area contributed by atoms with Crippen LogP contribution in [0.1, 0.15) is 77.1 Å². The first-order valence-electron chi connectivity index (χ1n) is 8.36. The Balaban J connectivity index is 2.31. The van der Waals surface area contributed by atoms with E-state index in [0.29, 0.717) is 5.92 Å². The summed E-state index contributed by atoms with van der Waals surface area (Å²) >= 11 is 0. The Bertz CT molecular complexity index is 476. The normalized spacial score (nSPS) is 17.2. The van der Waals surface area contributed by atoms with Crippen molar-refractivity contribution in [1.29, 1.82) is 0 Å². The lowest BCUT2D eigenvalue weighted by Crippen LogP contribution is -2.32. The van der Waals surface area contributed by atoms with Crippen molar-refractivity contribution < 1.29 is 0 Å². The number of hydrogen-bond acceptors (Lipinski definition) is 4. The summed E-state index contributed by atoms with van der Waals surface area (Å²) in [5.74, 6) is 3.25. The molecule has 0 saturated heterocycles. The van der Waals surface area contributed by atoms with E-state index in [2.05, 4.69) is 45.3 Å². The monoisotopic (exact) mass is 290 g/mol. The molecule has 1 saturated carbocycles. The van der Waals surface area contributed by atoms with E-state index in [1.807, 2.05) is 0 Å². The summed E-state index contributed by atoms with van der Waals surface area (Å²) in [5, 5.41) is 7.15. The lowest BCUT2D eigenvalue weighted by Gasteiger charge is -2.28. The molecule has 0 radical (unpaired) electrons. The molecule has 0 unspecified atom stereocenters. The smallest absolute Gasteiger partial charge is 0.135 e. The molecular formula is C17H30N4. The second-order valence-electron chi connectivity index (χ2n) is 6.88. The average molecular weight is 290 g/mol. The minimum Gasteiger partial charge on any atom is -0.370 e. The third kappa shape index (κ3) is 3.86. The second-order valence-corrected chi connectivity index (χ2v) is 6.88. The van der Waals surface area contributed by atoms with Crippen molar-refractivity contribution in [2.24, 2.45) is 0 Å². The number of aromatic nitrogens is 2. The van der Waals surface area contributed by atoms with E-state index in [-0.39, 0.29) is 5.54 Å². The zero-order valence-electron chi connectivity index (χ0n) is 14.2. The zero-order valence-corrected chi connectivity index (χ0v) is 14.2. The van der Waals surface area contributed by atoms with Crippen LogP contribution in [0, 0.1) is 6.92 Å². The molecular weight excluding hydrogens is 260 g/mol. The summed E-state index contributed by atoms with van der Waals surface area (Å²) in [6.45, 7) is 11.8. The van der Waals surface area contributed by atoms with Gasteiger partial charge < -0.3 is 10.6 Å². The molecule has 2 rings (SSSR count). The van der Waals surface area contributed by atoms with Gasteiger partial charge in [-0.3, -0.25) is 0 Å². The van der Waals surface area contributed by atoms with E-state index < -0.39 is 0 Å². The van der Waals surface area contributed by atoms with Crippen LogP contribution in [0.2, 0.25) is 0 Å². The van der Waals surface area contributed by atoms with Gasteiger partial charge in [-0.2, -0.15) is 0 Å². The van der Waals surface area contributed by atoms with E-state index in [4.69, 9.17) is 9.97 Å². The topological polar surface area (TPSA) is 49.8 Å². The van der Waals surface area contributed by atoms with Gasteiger partial charge in [-0.1, -0.05) is 33.6 Å². The van der Waals surface area contributed by atoms with E-state index in [9.17, 15) is 0 Å². The molecule has 0 amide bonds. The maximum absolute atomic E-state index is 4.79. The summed E-state index contributed by atoms with van der Waals surface area (Å²) in [5.41, 5.74) is 1.33. The highest BCUT2D eigenvalue weighted by molar-refractivity contribution is 5.58. The lowest BCUT2D eigenvalue weighted by atomic mass is 10.0. The molecule has 2 N–H and O–H groups in total. The fraction of sp³-hybridized carbons (Fsp3) is 0.765. The molecule has 1 aliphatic rings. The quantitative estimate of drug-likeness (QED) is 0.811. The third-order valence-electron chi connectivity index (χ3n) is 4.35. The van der Waals surface area contributed by atoms with Gasteiger partial charge in [0.1, 0.15) is 17.5 Å². The van der Waals surface area contributed by atoms with Gasteiger partial charge in [0.25, 0.3) is 0 Å². The number of rotatable bonds is 6. The van der Waals surface area contributed by atoms with Crippen LogP contribution in [0.15, 0.2) is 0 Å². The Hall–Kier alpha value is -1.32. The SMILES string of the molecule is CCCNc1nc(C(C)C)nc(NC2(C)CCCC2)c1C. The van der Waals surface area contributed by atoms with Crippen molar-refractivity contribution in [1.82, 2.24) is 9.97 Å². The van der Waals surface area contributed by atoms with Crippen LogP contribution in [-0.4, -0.2) is 22.1 Å². The Morgan fingerprint density at radius 3 is 2.33 bits per heavy atom. The van der Waals surface area contributed by atoms with E-state index in [1.165, 1.54) is 25.7 Å². The zero-order chi connectivity index (χ0) is 15.5. The first kappa shape index (κ1) is 16.1. The molecule has 118 valence electrons. The molecule has 1 aliphatic carbocycles. The molecule has 0 aliphatic heterocycles. The Kier molecular flexibility index (Phi) is 5.07. The predicted molar refractivity (Wildman–Crippen MR) is 90.1 cm³/mol. The molecule has 4 nitrogen and oxygen atoms in total. The standard InChI is InChI=1S/C17H30N4/c1-6-11-18-15-13(4)16(20-14(19-15)12(2)3)21-17(5)9-7-8-10-17/h12H,6-11H2,1-5H3,(H2,18,19,20,21). The molecule has 1 heterocycles. The fourth-order valence-electron chi connectivity index (χ4n) is 2.90. The summed E-state index contributed by atoms with van der Waals surface area (Å²) in [7, 11) is 0. The van der Waals surface area contributed by atoms with Crippen LogP contribution in [0.25, 0.3) is 0 Å². The van der Waals surface area contributed by atoms with Crippen LogP contribution in [0.4, 0.5) is 11.6 Å². The molecule has 21 heavy (non-hydrogen) atoms. The average Bonchev–Trinajstić information content (AvgIpc) is 2.86.